The summed E-state index contributed by atoms with van der Waals surface area (Å²) in [4.78, 5) is 8.74. The van der Waals surface area contributed by atoms with Gasteiger partial charge in [0.1, 0.15) is 5.82 Å². The normalized spacial score (nSPS) is 10.9. The van der Waals surface area contributed by atoms with Crippen molar-refractivity contribution in [3.05, 3.63) is 70.4 Å². The lowest BCUT2D eigenvalue weighted by atomic mass is 9.92. The summed E-state index contributed by atoms with van der Waals surface area (Å²) in [6.45, 7) is 7.18. The van der Waals surface area contributed by atoms with Crippen molar-refractivity contribution in [2.75, 3.05) is 25.3 Å². The number of rotatable bonds is 9. The van der Waals surface area contributed by atoms with E-state index in [9.17, 15) is 0 Å². The minimum Gasteiger partial charge on any atom is -0.493 e. The van der Waals surface area contributed by atoms with Crippen LogP contribution in [0.3, 0.4) is 0 Å². The predicted octanol–water partition coefficient (Wildman–Crippen LogP) is 4.96. The van der Waals surface area contributed by atoms with Crippen LogP contribution in [-0.2, 0) is 19.4 Å². The summed E-state index contributed by atoms with van der Waals surface area (Å²) < 4.78 is 11.0. The van der Waals surface area contributed by atoms with Gasteiger partial charge in [0, 0.05) is 24.7 Å². The summed E-state index contributed by atoms with van der Waals surface area (Å²) in [5.74, 6) is 2.79. The molecule has 0 radical (unpaired) electrons. The van der Waals surface area contributed by atoms with Gasteiger partial charge in [-0.15, -0.1) is 0 Å². The van der Waals surface area contributed by atoms with Gasteiger partial charge in [-0.05, 0) is 46.7 Å². The van der Waals surface area contributed by atoms with Crippen LogP contribution in [0.1, 0.15) is 54.5 Å². The molecule has 164 valence electrons. The number of aryl methyl sites for hydroxylation is 1. The van der Waals surface area contributed by atoms with Gasteiger partial charge in [0.15, 0.2) is 11.5 Å². The Bertz CT molecular complexity index is 1030. The van der Waals surface area contributed by atoms with Crippen LogP contribution in [0.4, 0.5) is 11.8 Å². The molecule has 0 spiro atoms. The molecule has 0 aliphatic rings. The molecule has 0 atom stereocenters. The fraction of sp³-hybridized carbons (Fsp3) is 0.360. The van der Waals surface area contributed by atoms with E-state index in [0.717, 1.165) is 29.1 Å². The van der Waals surface area contributed by atoms with E-state index in [2.05, 4.69) is 66.4 Å². The molecular weight excluding hydrogens is 388 g/mol. The third-order valence-electron chi connectivity index (χ3n) is 5.48. The van der Waals surface area contributed by atoms with Gasteiger partial charge in [0.05, 0.1) is 14.2 Å². The van der Waals surface area contributed by atoms with Gasteiger partial charge >= 0.3 is 0 Å². The third-order valence-corrected chi connectivity index (χ3v) is 5.48. The lowest BCUT2D eigenvalue weighted by Crippen LogP contribution is -2.10. The number of hydrogen-bond acceptors (Lipinski definition) is 6. The standard InChI is InChI=1S/C25H32N4O2/c1-6-17-9-7-8-10-18(17)14-27-24-20(15-28-25(26)29-24)11-19-12-22(30-4)23(31-5)13-21(19)16(2)3/h7-10,12-13,15-16H,6,11,14H2,1-5H3,(H3,26,27,28,29). The Morgan fingerprint density at radius 1 is 0.968 bits per heavy atom. The minimum absolute atomic E-state index is 0.256. The second-order valence-electron chi connectivity index (χ2n) is 7.82. The summed E-state index contributed by atoms with van der Waals surface area (Å²) in [6.07, 6.45) is 3.45. The lowest BCUT2D eigenvalue weighted by molar-refractivity contribution is 0.354. The molecule has 3 aromatic rings. The summed E-state index contributed by atoms with van der Waals surface area (Å²) >= 11 is 0. The number of hydrogen-bond donors (Lipinski definition) is 2. The van der Waals surface area contributed by atoms with Gasteiger partial charge in [-0.2, -0.15) is 4.98 Å². The molecule has 0 unspecified atom stereocenters. The molecule has 2 aromatic carbocycles. The van der Waals surface area contributed by atoms with E-state index in [0.29, 0.717) is 24.6 Å². The van der Waals surface area contributed by atoms with Crippen LogP contribution in [0.25, 0.3) is 0 Å². The molecule has 31 heavy (non-hydrogen) atoms. The second-order valence-corrected chi connectivity index (χ2v) is 7.82. The molecule has 6 heteroatoms. The number of nitrogens with zero attached hydrogens (tertiary/aromatic N) is 2. The van der Waals surface area contributed by atoms with E-state index < -0.39 is 0 Å². The van der Waals surface area contributed by atoms with Crippen molar-refractivity contribution in [3.8, 4) is 11.5 Å². The molecule has 3 rings (SSSR count). The Labute approximate surface area is 184 Å². The molecule has 3 N–H and O–H groups in total. The van der Waals surface area contributed by atoms with E-state index in [-0.39, 0.29) is 5.95 Å². The maximum atomic E-state index is 5.91. The van der Waals surface area contributed by atoms with Gasteiger partial charge in [0.2, 0.25) is 5.95 Å². The predicted molar refractivity (Wildman–Crippen MR) is 126 cm³/mol. The minimum atomic E-state index is 0.256. The zero-order valence-electron chi connectivity index (χ0n) is 19.0. The Morgan fingerprint density at radius 2 is 1.65 bits per heavy atom. The van der Waals surface area contributed by atoms with Crippen LogP contribution >= 0.6 is 0 Å². The average Bonchev–Trinajstić information content (AvgIpc) is 2.78. The molecule has 0 amide bonds. The monoisotopic (exact) mass is 420 g/mol. The van der Waals surface area contributed by atoms with E-state index in [1.54, 1.807) is 20.4 Å². The molecule has 0 aliphatic heterocycles. The molecule has 6 nitrogen and oxygen atoms in total. The van der Waals surface area contributed by atoms with Crippen LogP contribution in [-0.4, -0.2) is 24.2 Å². The Balaban J connectivity index is 1.94. The third kappa shape index (κ3) is 5.26. The molecule has 1 aromatic heterocycles. The number of methoxy groups -OCH3 is 2. The topological polar surface area (TPSA) is 82.3 Å². The zero-order chi connectivity index (χ0) is 22.4. The SMILES string of the molecule is CCc1ccccc1CNc1nc(N)ncc1Cc1cc(OC)c(OC)cc1C(C)C. The van der Waals surface area contributed by atoms with Crippen LogP contribution in [0.2, 0.25) is 0 Å². The van der Waals surface area contributed by atoms with Crippen molar-refractivity contribution in [3.63, 3.8) is 0 Å². The maximum absolute atomic E-state index is 5.91. The second kappa shape index (κ2) is 10.2. The first kappa shape index (κ1) is 22.4. The van der Waals surface area contributed by atoms with E-state index in [1.807, 2.05) is 6.07 Å². The number of ether oxygens (including phenoxy) is 2. The summed E-state index contributed by atoms with van der Waals surface area (Å²) in [6, 6.07) is 12.5. The summed E-state index contributed by atoms with van der Waals surface area (Å²) in [5, 5.41) is 3.48. The Morgan fingerprint density at radius 3 is 2.29 bits per heavy atom. The van der Waals surface area contributed by atoms with Gasteiger partial charge in [-0.3, -0.25) is 0 Å². The fourth-order valence-electron chi connectivity index (χ4n) is 3.79. The van der Waals surface area contributed by atoms with Crippen molar-refractivity contribution in [2.24, 2.45) is 0 Å². The highest BCUT2D eigenvalue weighted by Gasteiger charge is 2.16. The van der Waals surface area contributed by atoms with Gasteiger partial charge in [0.25, 0.3) is 0 Å². The maximum Gasteiger partial charge on any atom is 0.221 e. The molecule has 1 heterocycles. The van der Waals surface area contributed by atoms with E-state index >= 15 is 0 Å². The smallest absolute Gasteiger partial charge is 0.221 e. The molecule has 0 saturated carbocycles. The highest BCUT2D eigenvalue weighted by molar-refractivity contribution is 5.53. The number of nitrogens with two attached hydrogens (primary N) is 1. The fourth-order valence-corrected chi connectivity index (χ4v) is 3.79. The molecule has 0 bridgehead atoms. The summed E-state index contributed by atoms with van der Waals surface area (Å²) in [7, 11) is 3.31. The average molecular weight is 421 g/mol. The summed E-state index contributed by atoms with van der Waals surface area (Å²) in [5.41, 5.74) is 11.8. The number of anilines is 2. The molecule has 0 saturated heterocycles. The van der Waals surface area contributed by atoms with Crippen molar-refractivity contribution in [1.29, 1.82) is 0 Å². The van der Waals surface area contributed by atoms with Crippen molar-refractivity contribution in [2.45, 2.75) is 46.1 Å². The molecule has 0 aliphatic carbocycles. The van der Waals surface area contributed by atoms with Crippen LogP contribution in [0, 0.1) is 0 Å². The van der Waals surface area contributed by atoms with Gasteiger partial charge in [-0.25, -0.2) is 4.98 Å². The highest BCUT2D eigenvalue weighted by atomic mass is 16.5. The van der Waals surface area contributed by atoms with E-state index in [1.165, 1.54) is 16.7 Å². The highest BCUT2D eigenvalue weighted by Crippen LogP contribution is 2.35. The van der Waals surface area contributed by atoms with Crippen molar-refractivity contribution in [1.82, 2.24) is 9.97 Å². The first-order valence-electron chi connectivity index (χ1n) is 10.6. The molecule has 0 fully saturated rings. The van der Waals surface area contributed by atoms with Crippen LogP contribution in [0.15, 0.2) is 42.6 Å². The Kier molecular flexibility index (Phi) is 7.34. The molecular formula is C25H32N4O2. The number of benzene rings is 2. The first-order valence-corrected chi connectivity index (χ1v) is 10.6. The van der Waals surface area contributed by atoms with Gasteiger partial charge < -0.3 is 20.5 Å². The van der Waals surface area contributed by atoms with E-state index in [4.69, 9.17) is 15.2 Å². The largest absolute Gasteiger partial charge is 0.493 e. The van der Waals surface area contributed by atoms with Crippen LogP contribution in [0.5, 0.6) is 11.5 Å². The van der Waals surface area contributed by atoms with Crippen molar-refractivity contribution >= 4 is 11.8 Å². The van der Waals surface area contributed by atoms with Gasteiger partial charge in [-0.1, -0.05) is 45.0 Å². The number of nitrogens with one attached hydrogen (secondary N) is 1. The number of aromatic nitrogens is 2. The number of nitrogen functional groups attached to an aromatic ring is 1. The quantitative estimate of drug-likeness (QED) is 0.509. The van der Waals surface area contributed by atoms with Crippen molar-refractivity contribution < 1.29 is 9.47 Å². The van der Waals surface area contributed by atoms with Crippen LogP contribution < -0.4 is 20.5 Å². The lowest BCUT2D eigenvalue weighted by Gasteiger charge is -2.19. The zero-order valence-corrected chi connectivity index (χ0v) is 19.0. The first-order chi connectivity index (χ1) is 15.0. The Hall–Kier alpha value is -3.28.